The Balaban J connectivity index is 1.86. The van der Waals surface area contributed by atoms with Crippen molar-refractivity contribution in [3.63, 3.8) is 0 Å². The quantitative estimate of drug-likeness (QED) is 0.895. The average Bonchev–Trinajstić information content (AvgIpc) is 2.62. The van der Waals surface area contributed by atoms with Crippen molar-refractivity contribution in [3.05, 3.63) is 57.7 Å². The van der Waals surface area contributed by atoms with Gasteiger partial charge in [0.05, 0.1) is 29.3 Å². The molecule has 0 amide bonds. The summed E-state index contributed by atoms with van der Waals surface area (Å²) in [7, 11) is 1.56. The van der Waals surface area contributed by atoms with Gasteiger partial charge >= 0.3 is 0 Å². The van der Waals surface area contributed by atoms with Crippen LogP contribution in [0, 0.1) is 11.3 Å². The molecule has 1 unspecified atom stereocenters. The highest BCUT2D eigenvalue weighted by atomic mass is 79.9. The second-order valence-electron chi connectivity index (χ2n) is 4.86. The summed E-state index contributed by atoms with van der Waals surface area (Å²) in [5.74, 6) is 0.995. The molecule has 2 aromatic rings. The summed E-state index contributed by atoms with van der Waals surface area (Å²) in [5, 5.41) is 16.3. The molecule has 23 heavy (non-hydrogen) atoms. The summed E-state index contributed by atoms with van der Waals surface area (Å²) in [6.45, 7) is 0.381. The summed E-state index contributed by atoms with van der Waals surface area (Å²) >= 11 is 3.37. The van der Waals surface area contributed by atoms with Crippen LogP contribution in [0.4, 0.5) is 0 Å². The van der Waals surface area contributed by atoms with Crippen LogP contribution in [0.2, 0.25) is 0 Å². The van der Waals surface area contributed by atoms with Gasteiger partial charge in [-0.15, -0.1) is 0 Å². The molecule has 0 bridgehead atoms. The van der Waals surface area contributed by atoms with Crippen molar-refractivity contribution in [3.8, 4) is 11.9 Å². The van der Waals surface area contributed by atoms with Gasteiger partial charge in [0.1, 0.15) is 12.3 Å². The zero-order valence-corrected chi connectivity index (χ0v) is 13.9. The number of benzene rings is 1. The molecular formula is C16H13BrN4O2. The topological polar surface area (TPSA) is 79.5 Å². The van der Waals surface area contributed by atoms with E-state index >= 15 is 0 Å². The molecule has 1 aliphatic rings. The first-order chi connectivity index (χ1) is 11.2. The zero-order chi connectivity index (χ0) is 16.2. The molecule has 0 saturated heterocycles. The summed E-state index contributed by atoms with van der Waals surface area (Å²) in [6, 6.07) is 13.1. The van der Waals surface area contributed by atoms with Crippen molar-refractivity contribution < 1.29 is 9.57 Å². The Hall–Kier alpha value is -2.59. The number of halogens is 1. The molecule has 7 heteroatoms. The highest BCUT2D eigenvalue weighted by Crippen LogP contribution is 2.24. The van der Waals surface area contributed by atoms with E-state index in [0.717, 1.165) is 10.0 Å². The standard InChI is InChI=1S/C16H13BrN4O2/c1-22-16-12(17)5-6-13(20-16)15-19-14(9-23-21-15)11-4-2-3-10(7-11)8-18/h2-7,14H,9H2,1H3,(H,19,21). The van der Waals surface area contributed by atoms with Crippen molar-refractivity contribution in [2.24, 2.45) is 5.16 Å². The number of rotatable bonds is 3. The van der Waals surface area contributed by atoms with Crippen molar-refractivity contribution in [2.75, 3.05) is 13.7 Å². The number of oxime groups is 1. The van der Waals surface area contributed by atoms with Gasteiger partial charge in [-0.3, -0.25) is 0 Å². The van der Waals surface area contributed by atoms with Crippen molar-refractivity contribution in [2.45, 2.75) is 6.04 Å². The molecule has 1 atom stereocenters. The maximum absolute atomic E-state index is 9.02. The molecule has 0 radical (unpaired) electrons. The highest BCUT2D eigenvalue weighted by molar-refractivity contribution is 9.10. The number of amidine groups is 1. The van der Waals surface area contributed by atoms with Gasteiger partial charge in [0.25, 0.3) is 0 Å². The van der Waals surface area contributed by atoms with Gasteiger partial charge in [0, 0.05) is 0 Å². The van der Waals surface area contributed by atoms with Gasteiger partial charge in [0.15, 0.2) is 5.84 Å². The van der Waals surface area contributed by atoms with Crippen LogP contribution in [0.15, 0.2) is 46.0 Å². The lowest BCUT2D eigenvalue weighted by atomic mass is 10.0. The van der Waals surface area contributed by atoms with E-state index < -0.39 is 0 Å². The van der Waals surface area contributed by atoms with Gasteiger partial charge in [-0.2, -0.15) is 5.26 Å². The maximum Gasteiger partial charge on any atom is 0.228 e. The predicted octanol–water partition coefficient (Wildman–Crippen LogP) is 2.75. The number of nitrogens with zero attached hydrogens (tertiary/aromatic N) is 3. The van der Waals surface area contributed by atoms with Crippen LogP contribution < -0.4 is 10.1 Å². The minimum absolute atomic E-state index is 0.104. The van der Waals surface area contributed by atoms with Crippen LogP contribution in [-0.2, 0) is 4.84 Å². The van der Waals surface area contributed by atoms with Gasteiger partial charge < -0.3 is 14.9 Å². The Morgan fingerprint density at radius 3 is 3.04 bits per heavy atom. The summed E-state index contributed by atoms with van der Waals surface area (Å²) in [4.78, 5) is 9.71. The van der Waals surface area contributed by atoms with E-state index in [0.29, 0.717) is 29.6 Å². The van der Waals surface area contributed by atoms with Gasteiger partial charge in [-0.05, 0) is 45.8 Å². The minimum atomic E-state index is -0.104. The van der Waals surface area contributed by atoms with E-state index in [1.54, 1.807) is 13.2 Å². The lowest BCUT2D eigenvalue weighted by Gasteiger charge is -2.24. The third kappa shape index (κ3) is 3.27. The molecule has 3 rings (SSSR count). The fourth-order valence-electron chi connectivity index (χ4n) is 2.23. The molecule has 0 aliphatic carbocycles. The lowest BCUT2D eigenvalue weighted by Crippen LogP contribution is -2.36. The fourth-order valence-corrected chi connectivity index (χ4v) is 2.62. The first-order valence-electron chi connectivity index (χ1n) is 6.88. The predicted molar refractivity (Wildman–Crippen MR) is 88.0 cm³/mol. The number of nitrogens with one attached hydrogen (secondary N) is 1. The number of hydrogen-bond acceptors (Lipinski definition) is 6. The molecule has 0 fully saturated rings. The van der Waals surface area contributed by atoms with Crippen LogP contribution in [-0.4, -0.2) is 24.5 Å². The van der Waals surface area contributed by atoms with Crippen molar-refractivity contribution in [1.29, 1.82) is 5.26 Å². The summed E-state index contributed by atoms with van der Waals surface area (Å²) in [5.41, 5.74) is 2.18. The van der Waals surface area contributed by atoms with Crippen LogP contribution >= 0.6 is 15.9 Å². The van der Waals surface area contributed by atoms with E-state index in [1.807, 2.05) is 30.3 Å². The van der Waals surface area contributed by atoms with E-state index in [4.69, 9.17) is 14.8 Å². The Kier molecular flexibility index (Phi) is 4.44. The summed E-state index contributed by atoms with van der Waals surface area (Å²) < 4.78 is 5.96. The van der Waals surface area contributed by atoms with Gasteiger partial charge in [-0.1, -0.05) is 17.3 Å². The van der Waals surface area contributed by atoms with Crippen LogP contribution in [0.3, 0.4) is 0 Å². The molecule has 1 aromatic heterocycles. The Morgan fingerprint density at radius 2 is 2.26 bits per heavy atom. The maximum atomic E-state index is 9.02. The molecular weight excluding hydrogens is 360 g/mol. The first-order valence-corrected chi connectivity index (χ1v) is 7.68. The largest absolute Gasteiger partial charge is 0.480 e. The van der Waals surface area contributed by atoms with Gasteiger partial charge in [0.2, 0.25) is 5.88 Å². The second kappa shape index (κ2) is 6.67. The normalized spacial score (nSPS) is 16.6. The smallest absolute Gasteiger partial charge is 0.228 e. The van der Waals surface area contributed by atoms with Crippen LogP contribution in [0.1, 0.15) is 22.9 Å². The number of aromatic nitrogens is 1. The van der Waals surface area contributed by atoms with E-state index in [-0.39, 0.29) is 6.04 Å². The number of nitriles is 1. The van der Waals surface area contributed by atoms with Crippen LogP contribution in [0.5, 0.6) is 5.88 Å². The number of pyridine rings is 1. The lowest BCUT2D eigenvalue weighted by molar-refractivity contribution is 0.109. The molecule has 1 aromatic carbocycles. The van der Waals surface area contributed by atoms with Crippen molar-refractivity contribution in [1.82, 2.24) is 10.3 Å². The Labute approximate surface area is 141 Å². The molecule has 1 aliphatic heterocycles. The summed E-state index contributed by atoms with van der Waals surface area (Å²) in [6.07, 6.45) is 0. The number of hydrogen-bond donors (Lipinski definition) is 1. The Bertz CT molecular complexity index is 801. The number of methoxy groups -OCH3 is 1. The third-order valence-corrected chi connectivity index (χ3v) is 3.98. The molecule has 1 N–H and O–H groups in total. The SMILES string of the molecule is COc1nc(C2=NOCC(c3cccc(C#N)c3)N2)ccc1Br. The molecule has 6 nitrogen and oxygen atoms in total. The molecule has 0 spiro atoms. The van der Waals surface area contributed by atoms with E-state index in [2.05, 4.69) is 37.5 Å². The van der Waals surface area contributed by atoms with Gasteiger partial charge in [-0.25, -0.2) is 4.98 Å². The average molecular weight is 373 g/mol. The minimum Gasteiger partial charge on any atom is -0.480 e. The second-order valence-corrected chi connectivity index (χ2v) is 5.71. The van der Waals surface area contributed by atoms with E-state index in [9.17, 15) is 0 Å². The third-order valence-electron chi connectivity index (χ3n) is 3.38. The molecule has 2 heterocycles. The van der Waals surface area contributed by atoms with Crippen LogP contribution in [0.25, 0.3) is 0 Å². The highest BCUT2D eigenvalue weighted by Gasteiger charge is 2.21. The first kappa shape index (κ1) is 15.3. The molecule has 0 saturated carbocycles. The monoisotopic (exact) mass is 372 g/mol. The number of ether oxygens (including phenoxy) is 1. The van der Waals surface area contributed by atoms with Crippen molar-refractivity contribution >= 4 is 21.8 Å². The van der Waals surface area contributed by atoms with E-state index in [1.165, 1.54) is 0 Å². The molecule has 116 valence electrons. The Morgan fingerprint density at radius 1 is 1.39 bits per heavy atom. The zero-order valence-electron chi connectivity index (χ0n) is 12.3. The fraction of sp³-hybridized carbons (Fsp3) is 0.188.